The van der Waals surface area contributed by atoms with E-state index in [-0.39, 0.29) is 6.10 Å². The van der Waals surface area contributed by atoms with Gasteiger partial charge in [0.25, 0.3) is 0 Å². The number of rotatable bonds is 10. The van der Waals surface area contributed by atoms with Gasteiger partial charge in [0, 0.05) is 25.4 Å². The third kappa shape index (κ3) is 6.53. The number of nitrogens with zero attached hydrogens (tertiary/aromatic N) is 2. The Morgan fingerprint density at radius 1 is 1.22 bits per heavy atom. The van der Waals surface area contributed by atoms with Crippen LogP contribution in [0.15, 0.2) is 30.3 Å². The van der Waals surface area contributed by atoms with Crippen molar-refractivity contribution in [3.8, 4) is 0 Å². The molecule has 37 heavy (non-hydrogen) atoms. The number of pyridine rings is 1. The minimum Gasteiger partial charge on any atom is -0.480 e. The Morgan fingerprint density at radius 3 is 2.92 bits per heavy atom. The first kappa shape index (κ1) is 27.0. The van der Waals surface area contributed by atoms with Crippen LogP contribution in [0.25, 0.3) is 0 Å². The van der Waals surface area contributed by atoms with Crippen molar-refractivity contribution in [2.24, 2.45) is 5.92 Å². The number of benzene rings is 1. The summed E-state index contributed by atoms with van der Waals surface area (Å²) in [5.74, 6) is 0.827. The molecular formula is C29H41N3O3P2. The molecule has 2 N–H and O–H groups in total. The Labute approximate surface area is 225 Å². The smallest absolute Gasteiger partial charge is 0.325 e. The number of aromatic nitrogens is 1. The van der Waals surface area contributed by atoms with Crippen molar-refractivity contribution in [1.82, 2.24) is 9.88 Å². The molecular weight excluding hydrogens is 500 g/mol. The van der Waals surface area contributed by atoms with Crippen molar-refractivity contribution in [3.05, 3.63) is 52.7 Å². The molecule has 4 heterocycles. The zero-order valence-electron chi connectivity index (χ0n) is 21.7. The van der Waals surface area contributed by atoms with E-state index in [2.05, 4.69) is 46.9 Å². The maximum atomic E-state index is 12.6. The van der Waals surface area contributed by atoms with E-state index >= 15 is 0 Å². The van der Waals surface area contributed by atoms with Gasteiger partial charge in [-0.3, -0.25) is 9.69 Å². The van der Waals surface area contributed by atoms with E-state index in [1.54, 1.807) is 0 Å². The van der Waals surface area contributed by atoms with Crippen LogP contribution < -0.4 is 10.6 Å². The average Bonchev–Trinajstić information content (AvgIpc) is 3.60. The number of likely N-dealkylation sites (tertiary alicyclic amines) is 1. The Bertz CT molecular complexity index is 1090. The van der Waals surface area contributed by atoms with E-state index in [1.807, 2.05) is 12.1 Å². The highest BCUT2D eigenvalue weighted by Gasteiger charge is 2.37. The monoisotopic (exact) mass is 541 g/mol. The predicted molar refractivity (Wildman–Crippen MR) is 156 cm³/mol. The van der Waals surface area contributed by atoms with Crippen LogP contribution in [0.4, 0.5) is 5.82 Å². The third-order valence-corrected chi connectivity index (χ3v) is 9.55. The fraction of sp³-hybridized carbons (Fsp3) is 0.586. The van der Waals surface area contributed by atoms with E-state index in [9.17, 15) is 9.90 Å². The fourth-order valence-corrected chi connectivity index (χ4v) is 7.09. The highest BCUT2D eigenvalue weighted by atomic mass is 31.0. The number of hydrogen-bond donors (Lipinski definition) is 2. The van der Waals surface area contributed by atoms with Crippen LogP contribution in [0.2, 0.25) is 0 Å². The second-order valence-electron chi connectivity index (χ2n) is 10.9. The number of aliphatic carboxylic acids is 1. The molecule has 6 unspecified atom stereocenters. The number of anilines is 1. The molecule has 2 saturated heterocycles. The first-order valence-corrected chi connectivity index (χ1v) is 15.2. The van der Waals surface area contributed by atoms with Crippen LogP contribution in [0.1, 0.15) is 79.5 Å². The summed E-state index contributed by atoms with van der Waals surface area (Å²) < 4.78 is 5.96. The molecule has 5 rings (SSSR count). The molecule has 0 aliphatic carbocycles. The van der Waals surface area contributed by atoms with Crippen LogP contribution in [-0.2, 0) is 22.4 Å². The molecule has 1 aromatic heterocycles. The molecule has 2 aromatic rings. The minimum atomic E-state index is -0.761. The van der Waals surface area contributed by atoms with Crippen LogP contribution >= 0.6 is 18.5 Å². The highest BCUT2D eigenvalue weighted by molar-refractivity contribution is 7.27. The number of carboxylic acid groups (broad SMARTS) is 1. The molecule has 1 aromatic carbocycles. The van der Waals surface area contributed by atoms with Crippen molar-refractivity contribution in [3.63, 3.8) is 0 Å². The van der Waals surface area contributed by atoms with Crippen molar-refractivity contribution >= 4 is 35.6 Å². The SMILES string of the molecule is O=C(O)C(c1cc(P)ccc1C1CCCO1)N1CCC(C(P)CCCCc2ccc3c(n2)NCCC3)C1. The first-order valence-electron chi connectivity index (χ1n) is 14.0. The predicted octanol–water partition coefficient (Wildman–Crippen LogP) is 4.90. The first-order chi connectivity index (χ1) is 18.0. The Hall–Kier alpha value is -1.58. The largest absolute Gasteiger partial charge is 0.480 e. The van der Waals surface area contributed by atoms with Crippen LogP contribution in [-0.4, -0.2) is 52.9 Å². The molecule has 200 valence electrons. The van der Waals surface area contributed by atoms with Gasteiger partial charge in [0.05, 0.1) is 6.10 Å². The quantitative estimate of drug-likeness (QED) is 0.330. The molecule has 0 saturated carbocycles. The van der Waals surface area contributed by atoms with E-state index in [1.165, 1.54) is 17.7 Å². The zero-order chi connectivity index (χ0) is 25.8. The van der Waals surface area contributed by atoms with Crippen molar-refractivity contribution in [1.29, 1.82) is 0 Å². The standard InChI is InChI=1S/C29H41N3O3P2/c33-29(34)27(24-17-22(36)11-12-23(24)25-7-4-16-35-25)32-15-13-20(18-32)26(37)8-2-1-6-21-10-9-19-5-3-14-30-28(19)31-21/h9-12,17,20,25-27H,1-8,13-16,18,36-37H2,(H,30,31)(H,33,34). The number of carboxylic acids is 1. The van der Waals surface area contributed by atoms with E-state index in [0.717, 1.165) is 99.9 Å². The van der Waals surface area contributed by atoms with Gasteiger partial charge in [0.2, 0.25) is 0 Å². The number of fused-ring (bicyclic) bond motifs is 1. The molecule has 8 heteroatoms. The van der Waals surface area contributed by atoms with Crippen LogP contribution in [0.5, 0.6) is 0 Å². The van der Waals surface area contributed by atoms with Gasteiger partial charge < -0.3 is 15.2 Å². The second kappa shape index (κ2) is 12.5. The molecule has 0 spiro atoms. The Balaban J connectivity index is 1.16. The van der Waals surface area contributed by atoms with Gasteiger partial charge >= 0.3 is 5.97 Å². The van der Waals surface area contributed by atoms with Gasteiger partial charge in [-0.2, -0.15) is 0 Å². The van der Waals surface area contributed by atoms with Gasteiger partial charge in [-0.1, -0.05) is 24.6 Å². The van der Waals surface area contributed by atoms with Crippen LogP contribution in [0.3, 0.4) is 0 Å². The summed E-state index contributed by atoms with van der Waals surface area (Å²) in [6, 6.07) is 9.97. The second-order valence-corrected chi connectivity index (χ2v) is 12.4. The Kier molecular flexibility index (Phi) is 9.14. The molecule has 6 atom stereocenters. The lowest BCUT2D eigenvalue weighted by molar-refractivity contribution is -0.143. The summed E-state index contributed by atoms with van der Waals surface area (Å²) in [7, 11) is 5.79. The summed E-state index contributed by atoms with van der Waals surface area (Å²) in [6.45, 7) is 3.43. The van der Waals surface area contributed by atoms with Gasteiger partial charge in [0.15, 0.2) is 0 Å². The number of hydrogen-bond acceptors (Lipinski definition) is 5. The van der Waals surface area contributed by atoms with Crippen molar-refractivity contribution in [2.45, 2.75) is 75.6 Å². The number of unbranched alkanes of at least 4 members (excludes halogenated alkanes) is 1. The van der Waals surface area contributed by atoms with E-state index in [0.29, 0.717) is 11.6 Å². The number of carbonyl (C=O) groups is 1. The Morgan fingerprint density at radius 2 is 2.11 bits per heavy atom. The topological polar surface area (TPSA) is 74.7 Å². The maximum Gasteiger partial charge on any atom is 0.325 e. The average molecular weight is 542 g/mol. The highest BCUT2D eigenvalue weighted by Crippen LogP contribution is 2.38. The number of nitrogens with one attached hydrogen (secondary N) is 1. The van der Waals surface area contributed by atoms with Gasteiger partial charge in [0.1, 0.15) is 11.9 Å². The van der Waals surface area contributed by atoms with Crippen LogP contribution in [0, 0.1) is 5.92 Å². The lowest BCUT2D eigenvalue weighted by Crippen LogP contribution is -2.34. The summed E-state index contributed by atoms with van der Waals surface area (Å²) in [5.41, 5.74) is 4.98. The summed E-state index contributed by atoms with van der Waals surface area (Å²) in [5, 5.41) is 14.8. The van der Waals surface area contributed by atoms with Gasteiger partial charge in [-0.15, -0.1) is 18.5 Å². The summed E-state index contributed by atoms with van der Waals surface area (Å²) in [4.78, 5) is 19.6. The third-order valence-electron chi connectivity index (χ3n) is 8.31. The molecule has 3 aliphatic rings. The van der Waals surface area contributed by atoms with Crippen molar-refractivity contribution < 1.29 is 14.6 Å². The maximum absolute atomic E-state index is 12.6. The molecule has 0 bridgehead atoms. The molecule has 2 fully saturated rings. The number of aryl methyl sites for hydroxylation is 2. The number of ether oxygens (including phenoxy) is 1. The normalized spacial score (nSPS) is 23.4. The molecule has 0 radical (unpaired) electrons. The van der Waals surface area contributed by atoms with E-state index < -0.39 is 12.0 Å². The molecule has 6 nitrogen and oxygen atoms in total. The summed E-state index contributed by atoms with van der Waals surface area (Å²) >= 11 is 0. The summed E-state index contributed by atoms with van der Waals surface area (Å²) in [6.07, 6.45) is 9.83. The lowest BCUT2D eigenvalue weighted by atomic mass is 9.94. The fourth-order valence-electron chi connectivity index (χ4n) is 6.26. The minimum absolute atomic E-state index is 0.00992. The lowest BCUT2D eigenvalue weighted by Gasteiger charge is -2.29. The van der Waals surface area contributed by atoms with Gasteiger partial charge in [-0.25, -0.2) is 4.98 Å². The van der Waals surface area contributed by atoms with E-state index in [4.69, 9.17) is 9.72 Å². The van der Waals surface area contributed by atoms with Crippen molar-refractivity contribution in [2.75, 3.05) is 31.6 Å². The molecule has 0 amide bonds. The zero-order valence-corrected chi connectivity index (χ0v) is 24.0. The van der Waals surface area contributed by atoms with Gasteiger partial charge in [-0.05, 0) is 104 Å². The molecule has 3 aliphatic heterocycles.